The molecule has 0 aliphatic heterocycles. The summed E-state index contributed by atoms with van der Waals surface area (Å²) in [6.45, 7) is 0.918. The third-order valence-electron chi connectivity index (χ3n) is 8.43. The van der Waals surface area contributed by atoms with Crippen molar-refractivity contribution in [1.29, 1.82) is 0 Å². The van der Waals surface area contributed by atoms with E-state index < -0.39 is 17.8 Å². The van der Waals surface area contributed by atoms with Gasteiger partial charge in [0, 0.05) is 0 Å². The molecular formula is C42H40O5. The molecule has 0 saturated heterocycles. The SMILES string of the molecule is COc1ccc(C(OC[C@@H](O)[C@@H](COCc2ccc3ccccc3c2)OCc2ccccc2)(c2ccccc2)c2ccccc2)cc1. The Morgan fingerprint density at radius 2 is 1.13 bits per heavy atom. The first-order chi connectivity index (χ1) is 23.2. The predicted octanol–water partition coefficient (Wildman–Crippen LogP) is 8.32. The Bertz CT molecular complexity index is 1770. The molecular weight excluding hydrogens is 584 g/mol. The standard InChI is InChI=1S/C42H40O5/c1-44-39-25-23-38(24-26-39)42(36-17-7-3-8-18-36,37-19-9-4-10-20-37)47-30-40(43)41(46-29-32-13-5-2-6-14-32)31-45-28-33-21-22-34-15-11-12-16-35(34)27-33/h2-27,40-41,43H,28-31H2,1H3/t40-,41-/m1/s1. The average molecular weight is 625 g/mol. The Morgan fingerprint density at radius 1 is 0.553 bits per heavy atom. The lowest BCUT2D eigenvalue weighted by Crippen LogP contribution is -2.41. The van der Waals surface area contributed by atoms with Gasteiger partial charge in [0.05, 0.1) is 33.5 Å². The summed E-state index contributed by atoms with van der Waals surface area (Å²) in [4.78, 5) is 0. The van der Waals surface area contributed by atoms with Crippen molar-refractivity contribution in [2.45, 2.75) is 31.0 Å². The topological polar surface area (TPSA) is 57.2 Å². The summed E-state index contributed by atoms with van der Waals surface area (Å²) >= 11 is 0. The normalized spacial score (nSPS) is 12.9. The van der Waals surface area contributed by atoms with Crippen LogP contribution in [-0.4, -0.2) is 37.6 Å². The number of hydrogen-bond donors (Lipinski definition) is 1. The van der Waals surface area contributed by atoms with Gasteiger partial charge in [-0.05, 0) is 56.8 Å². The van der Waals surface area contributed by atoms with Crippen LogP contribution in [-0.2, 0) is 33.0 Å². The summed E-state index contributed by atoms with van der Waals surface area (Å²) in [5.41, 5.74) is 3.86. The van der Waals surface area contributed by atoms with Crippen molar-refractivity contribution in [3.8, 4) is 5.75 Å². The zero-order chi connectivity index (χ0) is 32.3. The molecule has 0 unspecified atom stereocenters. The summed E-state index contributed by atoms with van der Waals surface area (Å²) in [7, 11) is 1.65. The summed E-state index contributed by atoms with van der Waals surface area (Å²) in [5.74, 6) is 0.752. The molecule has 238 valence electrons. The van der Waals surface area contributed by atoms with Crippen molar-refractivity contribution in [2.24, 2.45) is 0 Å². The Morgan fingerprint density at radius 3 is 1.77 bits per heavy atom. The molecule has 6 aromatic rings. The number of rotatable bonds is 15. The molecule has 0 bridgehead atoms. The van der Waals surface area contributed by atoms with Gasteiger partial charge in [-0.3, -0.25) is 0 Å². The van der Waals surface area contributed by atoms with Gasteiger partial charge in [0.2, 0.25) is 0 Å². The van der Waals surface area contributed by atoms with Gasteiger partial charge in [-0.2, -0.15) is 0 Å². The highest BCUT2D eigenvalue weighted by molar-refractivity contribution is 5.82. The second-order valence-corrected chi connectivity index (χ2v) is 11.6. The zero-order valence-corrected chi connectivity index (χ0v) is 26.6. The second-order valence-electron chi connectivity index (χ2n) is 11.6. The van der Waals surface area contributed by atoms with Gasteiger partial charge in [-0.1, -0.05) is 140 Å². The maximum Gasteiger partial charge on any atom is 0.143 e. The quantitative estimate of drug-likeness (QED) is 0.117. The summed E-state index contributed by atoms with van der Waals surface area (Å²) < 4.78 is 24.9. The molecule has 0 amide bonds. The molecule has 0 aliphatic carbocycles. The first kappa shape index (κ1) is 32.2. The number of aliphatic hydroxyl groups is 1. The monoisotopic (exact) mass is 624 g/mol. The highest BCUT2D eigenvalue weighted by Gasteiger charge is 2.39. The van der Waals surface area contributed by atoms with Crippen LogP contribution in [0.5, 0.6) is 5.75 Å². The molecule has 6 rings (SSSR count). The van der Waals surface area contributed by atoms with Crippen LogP contribution in [0.2, 0.25) is 0 Å². The van der Waals surface area contributed by atoms with Crippen molar-refractivity contribution in [2.75, 3.05) is 20.3 Å². The molecule has 0 saturated carbocycles. The van der Waals surface area contributed by atoms with E-state index in [1.165, 1.54) is 5.39 Å². The van der Waals surface area contributed by atoms with Crippen LogP contribution in [0.1, 0.15) is 27.8 Å². The van der Waals surface area contributed by atoms with Crippen molar-refractivity contribution < 1.29 is 24.1 Å². The largest absolute Gasteiger partial charge is 0.497 e. The molecule has 0 fully saturated rings. The van der Waals surface area contributed by atoms with Gasteiger partial charge in [0.1, 0.15) is 23.6 Å². The summed E-state index contributed by atoms with van der Waals surface area (Å²) in [6, 6.07) is 52.6. The van der Waals surface area contributed by atoms with E-state index in [1.807, 2.05) is 103 Å². The molecule has 0 radical (unpaired) electrons. The third kappa shape index (κ3) is 7.79. The Kier molecular flexibility index (Phi) is 10.7. The van der Waals surface area contributed by atoms with E-state index >= 15 is 0 Å². The Hall–Kier alpha value is -4.78. The minimum absolute atomic E-state index is 0.00535. The van der Waals surface area contributed by atoms with E-state index in [2.05, 4.69) is 54.6 Å². The van der Waals surface area contributed by atoms with E-state index in [1.54, 1.807) is 7.11 Å². The molecule has 0 aromatic heterocycles. The van der Waals surface area contributed by atoms with Crippen LogP contribution in [0, 0.1) is 0 Å². The Balaban J connectivity index is 1.26. The fourth-order valence-electron chi connectivity index (χ4n) is 5.91. The first-order valence-corrected chi connectivity index (χ1v) is 15.9. The zero-order valence-electron chi connectivity index (χ0n) is 26.6. The van der Waals surface area contributed by atoms with Crippen LogP contribution in [0.4, 0.5) is 0 Å². The van der Waals surface area contributed by atoms with Gasteiger partial charge >= 0.3 is 0 Å². The van der Waals surface area contributed by atoms with Crippen LogP contribution in [0.3, 0.4) is 0 Å². The molecule has 6 aromatic carbocycles. The van der Waals surface area contributed by atoms with E-state index in [9.17, 15) is 5.11 Å². The van der Waals surface area contributed by atoms with Crippen molar-refractivity contribution in [3.05, 3.63) is 186 Å². The van der Waals surface area contributed by atoms with Crippen molar-refractivity contribution in [3.63, 3.8) is 0 Å². The maximum absolute atomic E-state index is 11.8. The van der Waals surface area contributed by atoms with Crippen molar-refractivity contribution in [1.82, 2.24) is 0 Å². The van der Waals surface area contributed by atoms with Crippen LogP contribution >= 0.6 is 0 Å². The number of benzene rings is 6. The highest BCUT2D eigenvalue weighted by atomic mass is 16.6. The molecule has 1 N–H and O–H groups in total. The predicted molar refractivity (Wildman–Crippen MR) is 186 cm³/mol. The molecule has 0 heterocycles. The minimum atomic E-state index is -1.01. The average Bonchev–Trinajstić information content (AvgIpc) is 3.14. The van der Waals surface area contributed by atoms with Gasteiger partial charge in [-0.15, -0.1) is 0 Å². The second kappa shape index (κ2) is 15.7. The number of methoxy groups -OCH3 is 1. The number of ether oxygens (including phenoxy) is 4. The molecule has 5 heteroatoms. The number of fused-ring (bicyclic) bond motifs is 1. The summed E-state index contributed by atoms with van der Waals surface area (Å²) in [5, 5.41) is 14.1. The fraction of sp³-hybridized carbons (Fsp3) is 0.190. The molecule has 0 spiro atoms. The summed E-state index contributed by atoms with van der Waals surface area (Å²) in [6.07, 6.45) is -1.63. The van der Waals surface area contributed by atoms with Gasteiger partial charge < -0.3 is 24.1 Å². The van der Waals surface area contributed by atoms with E-state index in [0.717, 1.165) is 39.0 Å². The minimum Gasteiger partial charge on any atom is -0.497 e. The highest BCUT2D eigenvalue weighted by Crippen LogP contribution is 2.41. The lowest BCUT2D eigenvalue weighted by atomic mass is 9.80. The number of hydrogen-bond acceptors (Lipinski definition) is 5. The van der Waals surface area contributed by atoms with Gasteiger partial charge in [0.25, 0.3) is 0 Å². The number of aliphatic hydroxyl groups excluding tert-OH is 1. The molecule has 0 aliphatic rings. The van der Waals surface area contributed by atoms with Crippen LogP contribution in [0.15, 0.2) is 158 Å². The van der Waals surface area contributed by atoms with Crippen LogP contribution < -0.4 is 4.74 Å². The Labute approximate surface area is 277 Å². The smallest absolute Gasteiger partial charge is 0.143 e. The van der Waals surface area contributed by atoms with Crippen molar-refractivity contribution >= 4 is 10.8 Å². The van der Waals surface area contributed by atoms with E-state index in [4.69, 9.17) is 18.9 Å². The van der Waals surface area contributed by atoms with Gasteiger partial charge in [0.15, 0.2) is 0 Å². The van der Waals surface area contributed by atoms with Gasteiger partial charge in [-0.25, -0.2) is 0 Å². The molecule has 5 nitrogen and oxygen atoms in total. The fourth-order valence-corrected chi connectivity index (χ4v) is 5.91. The third-order valence-corrected chi connectivity index (χ3v) is 8.43. The van der Waals surface area contributed by atoms with Crippen LogP contribution in [0.25, 0.3) is 10.8 Å². The van der Waals surface area contributed by atoms with E-state index in [-0.39, 0.29) is 13.2 Å². The molecule has 2 atom stereocenters. The maximum atomic E-state index is 11.8. The lowest BCUT2D eigenvalue weighted by Gasteiger charge is -2.37. The lowest BCUT2D eigenvalue weighted by molar-refractivity contribution is -0.126. The van der Waals surface area contributed by atoms with E-state index in [0.29, 0.717) is 13.2 Å². The molecule has 47 heavy (non-hydrogen) atoms. The first-order valence-electron chi connectivity index (χ1n) is 15.9.